The Morgan fingerprint density at radius 3 is 2.43 bits per heavy atom. The lowest BCUT2D eigenvalue weighted by Crippen LogP contribution is -2.07. The highest BCUT2D eigenvalue weighted by Crippen LogP contribution is 2.14. The van der Waals surface area contributed by atoms with Gasteiger partial charge in [0.1, 0.15) is 0 Å². The number of pyridine rings is 1. The molecule has 4 heteroatoms. The van der Waals surface area contributed by atoms with E-state index in [1.165, 1.54) is 22.5 Å². The molecular weight excluding hydrogens is 304 g/mol. The number of nitrogens with one attached hydrogen (secondary N) is 1. The van der Waals surface area contributed by atoms with Crippen molar-refractivity contribution >= 4 is 22.8 Å². The molecule has 0 saturated carbocycles. The number of ketones is 1. The number of carbonyl (C=O) groups is 1. The van der Waals surface area contributed by atoms with Gasteiger partial charge in [0.05, 0.1) is 4.88 Å². The quantitative estimate of drug-likeness (QED) is 0.655. The van der Waals surface area contributed by atoms with Crippen LogP contribution in [0.3, 0.4) is 0 Å². The number of aromatic nitrogens is 1. The van der Waals surface area contributed by atoms with E-state index in [1.807, 2.05) is 42.0 Å². The Bertz CT molecular complexity index is 737. The van der Waals surface area contributed by atoms with Crippen LogP contribution in [0.15, 0.2) is 66.3 Å². The standard InChI is InChI=1S/C19H18N2OS/c22-18(19-2-1-13-23-19)9-12-21-17-5-3-15(4-6-17)14-16-7-10-20-11-8-16/h1-8,10-11,13,21H,9,12,14H2. The first-order valence-corrected chi connectivity index (χ1v) is 8.47. The molecule has 0 spiro atoms. The minimum absolute atomic E-state index is 0.196. The number of Topliss-reactive ketones (excluding diaryl/α,β-unsaturated/α-hetero) is 1. The normalized spacial score (nSPS) is 10.4. The fourth-order valence-corrected chi connectivity index (χ4v) is 3.05. The summed E-state index contributed by atoms with van der Waals surface area (Å²) in [6.45, 7) is 0.653. The molecule has 116 valence electrons. The molecule has 0 bridgehead atoms. The van der Waals surface area contributed by atoms with Crippen LogP contribution in [0.1, 0.15) is 27.2 Å². The highest BCUT2D eigenvalue weighted by Gasteiger charge is 2.05. The molecule has 2 aromatic heterocycles. The molecule has 0 aliphatic carbocycles. The summed E-state index contributed by atoms with van der Waals surface area (Å²) in [6, 6.07) is 16.2. The van der Waals surface area contributed by atoms with Crippen LogP contribution in [-0.4, -0.2) is 17.3 Å². The lowest BCUT2D eigenvalue weighted by atomic mass is 10.1. The third-order valence-electron chi connectivity index (χ3n) is 3.59. The Morgan fingerprint density at radius 2 is 1.74 bits per heavy atom. The Balaban J connectivity index is 1.49. The number of rotatable bonds is 7. The van der Waals surface area contributed by atoms with E-state index in [0.717, 1.165) is 17.0 Å². The number of benzene rings is 1. The van der Waals surface area contributed by atoms with E-state index in [9.17, 15) is 4.79 Å². The van der Waals surface area contributed by atoms with E-state index < -0.39 is 0 Å². The zero-order valence-corrected chi connectivity index (χ0v) is 13.6. The van der Waals surface area contributed by atoms with Crippen molar-refractivity contribution in [3.8, 4) is 0 Å². The van der Waals surface area contributed by atoms with E-state index in [4.69, 9.17) is 0 Å². The van der Waals surface area contributed by atoms with Crippen LogP contribution < -0.4 is 5.32 Å². The van der Waals surface area contributed by atoms with Crippen LogP contribution in [0, 0.1) is 0 Å². The summed E-state index contributed by atoms with van der Waals surface area (Å²) >= 11 is 1.50. The van der Waals surface area contributed by atoms with E-state index in [0.29, 0.717) is 13.0 Å². The van der Waals surface area contributed by atoms with Crippen molar-refractivity contribution in [3.63, 3.8) is 0 Å². The summed E-state index contributed by atoms with van der Waals surface area (Å²) in [6.07, 6.45) is 5.05. The Morgan fingerprint density at radius 1 is 1.00 bits per heavy atom. The summed E-state index contributed by atoms with van der Waals surface area (Å²) in [5.41, 5.74) is 3.56. The van der Waals surface area contributed by atoms with Gasteiger partial charge in [-0.2, -0.15) is 0 Å². The van der Waals surface area contributed by atoms with Gasteiger partial charge in [0, 0.05) is 31.0 Å². The highest BCUT2D eigenvalue weighted by atomic mass is 32.1. The minimum atomic E-state index is 0.196. The molecule has 23 heavy (non-hydrogen) atoms. The van der Waals surface area contributed by atoms with Gasteiger partial charge in [-0.15, -0.1) is 11.3 Å². The number of hydrogen-bond donors (Lipinski definition) is 1. The van der Waals surface area contributed by atoms with Gasteiger partial charge in [0.15, 0.2) is 5.78 Å². The third kappa shape index (κ3) is 4.50. The number of nitrogens with zero attached hydrogens (tertiary/aromatic N) is 1. The fraction of sp³-hybridized carbons (Fsp3) is 0.158. The smallest absolute Gasteiger partial charge is 0.174 e. The van der Waals surface area contributed by atoms with E-state index in [1.54, 1.807) is 0 Å². The summed E-state index contributed by atoms with van der Waals surface area (Å²) in [5.74, 6) is 0.196. The third-order valence-corrected chi connectivity index (χ3v) is 4.50. The predicted molar refractivity (Wildman–Crippen MR) is 95.2 cm³/mol. The number of hydrogen-bond acceptors (Lipinski definition) is 4. The first kappa shape index (κ1) is 15.4. The van der Waals surface area contributed by atoms with Gasteiger partial charge in [0.25, 0.3) is 0 Å². The van der Waals surface area contributed by atoms with Gasteiger partial charge in [-0.25, -0.2) is 0 Å². The van der Waals surface area contributed by atoms with Crippen molar-refractivity contribution in [3.05, 3.63) is 82.3 Å². The average molecular weight is 322 g/mol. The molecule has 0 aliphatic heterocycles. The molecule has 0 radical (unpaired) electrons. The second kappa shape index (κ2) is 7.70. The predicted octanol–water partition coefficient (Wildman–Crippen LogP) is 4.42. The van der Waals surface area contributed by atoms with Crippen LogP contribution in [0.25, 0.3) is 0 Å². The second-order valence-corrected chi connectivity index (χ2v) is 6.25. The summed E-state index contributed by atoms with van der Waals surface area (Å²) in [4.78, 5) is 16.8. The largest absolute Gasteiger partial charge is 0.385 e. The van der Waals surface area contributed by atoms with Crippen molar-refractivity contribution in [1.29, 1.82) is 0 Å². The topological polar surface area (TPSA) is 42.0 Å². The number of thiophene rings is 1. The van der Waals surface area contributed by atoms with Gasteiger partial charge in [0.2, 0.25) is 0 Å². The Hall–Kier alpha value is -2.46. The van der Waals surface area contributed by atoms with Crippen LogP contribution in [0.5, 0.6) is 0 Å². The average Bonchev–Trinajstić information content (AvgIpc) is 3.12. The zero-order valence-electron chi connectivity index (χ0n) is 12.7. The van der Waals surface area contributed by atoms with Crippen LogP contribution >= 0.6 is 11.3 Å². The van der Waals surface area contributed by atoms with E-state index >= 15 is 0 Å². The molecule has 3 rings (SSSR count). The maximum Gasteiger partial charge on any atom is 0.174 e. The van der Waals surface area contributed by atoms with Crippen molar-refractivity contribution in [2.24, 2.45) is 0 Å². The second-order valence-electron chi connectivity index (χ2n) is 5.31. The lowest BCUT2D eigenvalue weighted by Gasteiger charge is -2.07. The highest BCUT2D eigenvalue weighted by molar-refractivity contribution is 7.12. The molecule has 2 heterocycles. The van der Waals surface area contributed by atoms with Gasteiger partial charge in [-0.3, -0.25) is 9.78 Å². The van der Waals surface area contributed by atoms with Crippen LogP contribution in [0.2, 0.25) is 0 Å². The summed E-state index contributed by atoms with van der Waals surface area (Å²) < 4.78 is 0. The number of anilines is 1. The van der Waals surface area contributed by atoms with Crippen molar-refractivity contribution in [1.82, 2.24) is 4.98 Å². The van der Waals surface area contributed by atoms with Crippen LogP contribution in [-0.2, 0) is 6.42 Å². The molecule has 3 aromatic rings. The van der Waals surface area contributed by atoms with Gasteiger partial charge in [-0.1, -0.05) is 18.2 Å². The SMILES string of the molecule is O=C(CCNc1ccc(Cc2ccncc2)cc1)c1cccs1. The lowest BCUT2D eigenvalue weighted by molar-refractivity contribution is 0.0990. The van der Waals surface area contributed by atoms with Gasteiger partial charge < -0.3 is 5.32 Å². The zero-order chi connectivity index (χ0) is 15.9. The first-order valence-electron chi connectivity index (χ1n) is 7.60. The molecule has 1 aromatic carbocycles. The maximum atomic E-state index is 11.9. The molecule has 0 aliphatic rings. The molecule has 3 nitrogen and oxygen atoms in total. The van der Waals surface area contributed by atoms with Crippen molar-refractivity contribution < 1.29 is 4.79 Å². The van der Waals surface area contributed by atoms with Crippen molar-refractivity contribution in [2.75, 3.05) is 11.9 Å². The molecule has 0 unspecified atom stereocenters. The Labute approximate surface area is 140 Å². The molecular formula is C19H18N2OS. The maximum absolute atomic E-state index is 11.9. The molecule has 1 N–H and O–H groups in total. The van der Waals surface area contributed by atoms with E-state index in [-0.39, 0.29) is 5.78 Å². The molecule has 0 saturated heterocycles. The van der Waals surface area contributed by atoms with Gasteiger partial charge in [-0.05, 0) is 53.3 Å². The Kier molecular flexibility index (Phi) is 5.17. The van der Waals surface area contributed by atoms with Crippen LogP contribution in [0.4, 0.5) is 5.69 Å². The minimum Gasteiger partial charge on any atom is -0.385 e. The first-order chi connectivity index (χ1) is 11.3. The van der Waals surface area contributed by atoms with Gasteiger partial charge >= 0.3 is 0 Å². The number of carbonyl (C=O) groups excluding carboxylic acids is 1. The molecule has 0 fully saturated rings. The summed E-state index contributed by atoms with van der Waals surface area (Å²) in [7, 11) is 0. The molecule has 0 atom stereocenters. The van der Waals surface area contributed by atoms with E-state index in [2.05, 4.69) is 34.6 Å². The monoisotopic (exact) mass is 322 g/mol. The fourth-order valence-electron chi connectivity index (χ4n) is 2.36. The molecule has 0 amide bonds. The summed E-state index contributed by atoms with van der Waals surface area (Å²) in [5, 5.41) is 5.24. The van der Waals surface area contributed by atoms with Crippen molar-refractivity contribution in [2.45, 2.75) is 12.8 Å².